The van der Waals surface area contributed by atoms with Crippen LogP contribution in [0.2, 0.25) is 0 Å². The van der Waals surface area contributed by atoms with Gasteiger partial charge in [0.05, 0.1) is 22.8 Å². The molecule has 0 bridgehead atoms. The summed E-state index contributed by atoms with van der Waals surface area (Å²) < 4.78 is 13.8. The van der Waals surface area contributed by atoms with Crippen molar-refractivity contribution in [2.45, 2.75) is 80.1 Å². The van der Waals surface area contributed by atoms with Gasteiger partial charge in [0.25, 0.3) is 0 Å². The van der Waals surface area contributed by atoms with Crippen molar-refractivity contribution >= 4 is 33.6 Å². The van der Waals surface area contributed by atoms with E-state index in [9.17, 15) is 14.6 Å². The molecule has 0 spiro atoms. The Labute approximate surface area is 294 Å². The number of benzene rings is 5. The van der Waals surface area contributed by atoms with E-state index in [2.05, 4.69) is 100 Å². The predicted molar refractivity (Wildman–Crippen MR) is 191 cm³/mol. The van der Waals surface area contributed by atoms with Crippen LogP contribution in [0.5, 0.6) is 11.5 Å². The van der Waals surface area contributed by atoms with Gasteiger partial charge in [-0.1, -0.05) is 132 Å². The first-order valence-electron chi connectivity index (χ1n) is 16.0. The molecule has 6 rings (SSSR count). The van der Waals surface area contributed by atoms with Gasteiger partial charge in [-0.2, -0.15) is 0 Å². The van der Waals surface area contributed by atoms with Crippen molar-refractivity contribution in [3.05, 3.63) is 129 Å². The monoisotopic (exact) mass is 684 g/mol. The first-order valence-corrected chi connectivity index (χ1v) is 16.0. The van der Waals surface area contributed by atoms with Crippen molar-refractivity contribution in [3.8, 4) is 11.5 Å². The van der Waals surface area contributed by atoms with Crippen LogP contribution >= 0.6 is 0 Å². The van der Waals surface area contributed by atoms with Crippen LogP contribution in [0, 0.1) is 33.5 Å². The molecule has 0 N–H and O–H groups in total. The van der Waals surface area contributed by atoms with E-state index in [1.807, 2.05) is 41.5 Å². The zero-order valence-electron chi connectivity index (χ0n) is 29.4. The average Bonchev–Trinajstić information content (AvgIpc) is 3.28. The summed E-state index contributed by atoms with van der Waals surface area (Å²) in [6.07, 6.45) is 0. The summed E-state index contributed by atoms with van der Waals surface area (Å²) in [4.78, 5) is 10.4. The molecule has 0 aromatic heterocycles. The fraction of sp³-hybridized carbons (Fsp3) is 0.286. The number of para-hydroxylation sites is 2. The van der Waals surface area contributed by atoms with Crippen molar-refractivity contribution in [1.82, 2.24) is 0 Å². The van der Waals surface area contributed by atoms with Crippen LogP contribution in [-0.2, 0) is 27.3 Å². The Morgan fingerprint density at radius 2 is 0.917 bits per heavy atom. The van der Waals surface area contributed by atoms with Gasteiger partial charge in [0.15, 0.2) is 0 Å². The van der Waals surface area contributed by atoms with E-state index in [0.29, 0.717) is 11.1 Å². The largest absolute Gasteiger partial charge is 2.00 e. The summed E-state index contributed by atoms with van der Waals surface area (Å²) in [5, 5.41) is 25.9. The molecule has 0 saturated carbocycles. The Morgan fingerprint density at radius 3 is 1.29 bits per heavy atom. The number of halogens is 1. The first kappa shape index (κ1) is 36.6. The Bertz CT molecular complexity index is 1900. The van der Waals surface area contributed by atoms with E-state index in [1.165, 1.54) is 33.0 Å². The van der Waals surface area contributed by atoms with Crippen LogP contribution in [0.15, 0.2) is 88.8 Å². The maximum Gasteiger partial charge on any atom is 2.00 e. The van der Waals surface area contributed by atoms with Crippen LogP contribution in [-0.4, -0.2) is 11.4 Å². The number of hydrogen-bond acceptors (Lipinski definition) is 4. The molecule has 6 heteroatoms. The van der Waals surface area contributed by atoms with Gasteiger partial charge in [0, 0.05) is 16.5 Å². The predicted octanol–water partition coefficient (Wildman–Crippen LogP) is 9.89. The zero-order valence-corrected chi connectivity index (χ0v) is 30.4. The number of aryl methyl sites for hydroxylation is 4. The second-order valence-electron chi connectivity index (χ2n) is 14.6. The molecular weight excluding hydrogens is 642 g/mol. The molecule has 0 aliphatic heterocycles. The molecule has 5 aromatic carbocycles. The third-order valence-corrected chi connectivity index (χ3v) is 8.76. The van der Waals surface area contributed by atoms with Crippen molar-refractivity contribution in [2.24, 2.45) is 9.98 Å². The maximum absolute atomic E-state index is 13.8. The van der Waals surface area contributed by atoms with E-state index < -0.39 is 28.1 Å². The van der Waals surface area contributed by atoms with Gasteiger partial charge in [-0.25, -0.2) is 14.4 Å². The average molecular weight is 686 g/mol. The van der Waals surface area contributed by atoms with E-state index in [1.54, 1.807) is 6.07 Å². The normalized spacial score (nSPS) is 14.2. The molecule has 0 atom stereocenters. The second kappa shape index (κ2) is 13.7. The third kappa shape index (κ3) is 6.96. The summed E-state index contributed by atoms with van der Waals surface area (Å²) in [5.41, 5.74) is 10.8. The van der Waals surface area contributed by atoms with Gasteiger partial charge >= 0.3 is 16.5 Å². The summed E-state index contributed by atoms with van der Waals surface area (Å²) in [5.74, 6) is -2.64. The molecule has 1 aliphatic rings. The van der Waals surface area contributed by atoms with E-state index in [-0.39, 0.29) is 16.5 Å². The van der Waals surface area contributed by atoms with Crippen LogP contribution < -0.4 is 10.2 Å². The van der Waals surface area contributed by atoms with E-state index >= 15 is 0 Å². The molecule has 0 heterocycles. The Hall–Kier alpha value is -4.28. The number of rotatable bonds is 2. The molecule has 4 nitrogen and oxygen atoms in total. The summed E-state index contributed by atoms with van der Waals surface area (Å²) in [6, 6.07) is 27.1. The van der Waals surface area contributed by atoms with Gasteiger partial charge in [-0.05, 0) is 71.7 Å². The van der Waals surface area contributed by atoms with Gasteiger partial charge < -0.3 is 10.2 Å². The van der Waals surface area contributed by atoms with Crippen LogP contribution in [0.3, 0.4) is 0 Å². The smallest absolute Gasteiger partial charge is 0.873 e. The van der Waals surface area contributed by atoms with E-state index in [0.717, 1.165) is 33.9 Å². The van der Waals surface area contributed by atoms with Crippen molar-refractivity contribution in [2.75, 3.05) is 0 Å². The summed E-state index contributed by atoms with van der Waals surface area (Å²) in [6.45, 7) is 19.5. The van der Waals surface area contributed by atoms with Gasteiger partial charge in [0.1, 0.15) is 5.82 Å². The molecule has 0 fully saturated rings. The second-order valence-corrected chi connectivity index (χ2v) is 14.6. The molecule has 0 amide bonds. The molecular formula is C42H43FN2NiO2. The fourth-order valence-corrected chi connectivity index (χ4v) is 6.13. The zero-order chi connectivity index (χ0) is 34.4. The minimum Gasteiger partial charge on any atom is -0.873 e. The Balaban J connectivity index is 0.000000249. The standard InChI is InChI=1S/C28H24N2.C14H21FO2.Ni/c1-17-9-5-10-18(2)25(17)29-27-22-15-7-13-21-14-8-16-23(24(21)22)28(27)30-26-19(3)11-6-12-20(26)4;1-13(2,3)8-7-9(14(4,5)6)11(16)12(17)10(8)15;/h5-16H,1-4H3;7,16-17H,1-6H3;/q;;+2/p-2. The number of hydrogen-bond donors (Lipinski definition) is 0. The van der Waals surface area contributed by atoms with Gasteiger partial charge in [-0.3, -0.25) is 0 Å². The van der Waals surface area contributed by atoms with Crippen molar-refractivity contribution < 1.29 is 31.1 Å². The van der Waals surface area contributed by atoms with Crippen LogP contribution in [0.4, 0.5) is 15.8 Å². The molecule has 250 valence electrons. The molecule has 5 aromatic rings. The van der Waals surface area contributed by atoms with E-state index in [4.69, 9.17) is 9.98 Å². The Morgan fingerprint density at radius 1 is 0.542 bits per heavy atom. The number of aliphatic imine (C=N–C) groups is 2. The minimum atomic E-state index is -1.01. The quantitative estimate of drug-likeness (QED) is 0.174. The van der Waals surface area contributed by atoms with Gasteiger partial charge in [0.2, 0.25) is 0 Å². The molecule has 1 aliphatic carbocycles. The Kier molecular flexibility index (Phi) is 10.4. The maximum atomic E-state index is 13.8. The summed E-state index contributed by atoms with van der Waals surface area (Å²) >= 11 is 0. The molecule has 48 heavy (non-hydrogen) atoms. The molecule has 0 saturated heterocycles. The summed E-state index contributed by atoms with van der Waals surface area (Å²) in [7, 11) is 0. The van der Waals surface area contributed by atoms with Crippen molar-refractivity contribution in [3.63, 3.8) is 0 Å². The number of nitrogens with zero attached hydrogens (tertiary/aromatic N) is 2. The first-order chi connectivity index (χ1) is 22.0. The van der Waals surface area contributed by atoms with Gasteiger partial charge in [-0.15, -0.1) is 5.75 Å². The van der Waals surface area contributed by atoms with Crippen LogP contribution in [0.25, 0.3) is 10.8 Å². The van der Waals surface area contributed by atoms with Crippen molar-refractivity contribution in [1.29, 1.82) is 0 Å². The minimum absolute atomic E-state index is 0. The molecule has 0 unspecified atom stereocenters. The van der Waals surface area contributed by atoms with Crippen LogP contribution in [0.1, 0.15) is 86.1 Å². The third-order valence-electron chi connectivity index (χ3n) is 8.76. The topological polar surface area (TPSA) is 70.8 Å². The SMILES string of the molecule is CC(C)(C)c1cc(C(C)(C)C)c(F)c([O-])c1[O-].Cc1cccc(C)c1N=C1C(=Nc2c(C)cccc2C)c2cccc3cccc1c23.[Ni+2]. The fourth-order valence-electron chi connectivity index (χ4n) is 6.13. The molecule has 0 radical (unpaired) electrons.